The number of thioether (sulfide) groups is 1. The van der Waals surface area contributed by atoms with Crippen LogP contribution in [0.1, 0.15) is 6.92 Å². The second-order valence-corrected chi connectivity index (χ2v) is 4.46. The summed E-state index contributed by atoms with van der Waals surface area (Å²) in [5, 5.41) is 1.89. The number of carbonyl (C=O) groups excluding carboxylic acids is 3. The van der Waals surface area contributed by atoms with E-state index in [-0.39, 0.29) is 18.3 Å². The van der Waals surface area contributed by atoms with Crippen LogP contribution >= 0.6 is 11.8 Å². The van der Waals surface area contributed by atoms with Crippen molar-refractivity contribution in [2.45, 2.75) is 12.4 Å². The van der Waals surface area contributed by atoms with Crippen LogP contribution in [0.5, 0.6) is 0 Å². The van der Waals surface area contributed by atoms with Crippen LogP contribution in [0.4, 0.5) is 18.0 Å². The van der Waals surface area contributed by atoms with Crippen LogP contribution in [0.15, 0.2) is 0 Å². The number of carbonyl (C=O) groups is 3. The molecule has 1 aliphatic rings. The molecule has 0 saturated carbocycles. The molecule has 4 amide bonds. The number of halogens is 3. The molecule has 1 fully saturated rings. The Kier molecular flexibility index (Phi) is 4.02. The van der Waals surface area contributed by atoms with Crippen molar-refractivity contribution in [3.05, 3.63) is 0 Å². The third-order valence-electron chi connectivity index (χ3n) is 2.09. The van der Waals surface area contributed by atoms with Gasteiger partial charge in [0.25, 0.3) is 0 Å². The number of alkyl halides is 3. The normalized spacial score (nSPS) is 21.8. The summed E-state index contributed by atoms with van der Waals surface area (Å²) >= 11 is -0.325. The van der Waals surface area contributed by atoms with Crippen LogP contribution in [0.3, 0.4) is 0 Å². The smallest absolute Gasteiger partial charge is 0.277 e. The first-order chi connectivity index (χ1) is 7.72. The van der Waals surface area contributed by atoms with Crippen LogP contribution in [-0.4, -0.2) is 40.6 Å². The zero-order valence-electron chi connectivity index (χ0n) is 8.71. The largest absolute Gasteiger partial charge is 0.441 e. The van der Waals surface area contributed by atoms with E-state index in [0.29, 0.717) is 4.90 Å². The van der Waals surface area contributed by atoms with Crippen LogP contribution in [0, 0.1) is 5.92 Å². The molecule has 1 saturated heterocycles. The number of hydrogen-bond acceptors (Lipinski definition) is 4. The number of amides is 4. The van der Waals surface area contributed by atoms with Gasteiger partial charge in [0.2, 0.25) is 11.8 Å². The van der Waals surface area contributed by atoms with Gasteiger partial charge in [0, 0.05) is 12.3 Å². The van der Waals surface area contributed by atoms with E-state index in [1.54, 1.807) is 0 Å². The monoisotopic (exact) mass is 270 g/mol. The first-order valence-corrected chi connectivity index (χ1v) is 5.58. The van der Waals surface area contributed by atoms with Crippen LogP contribution in [0.2, 0.25) is 0 Å². The molecular formula is C8H9F3N2O3S. The molecule has 0 aromatic rings. The van der Waals surface area contributed by atoms with Crippen LogP contribution < -0.4 is 5.32 Å². The summed E-state index contributed by atoms with van der Waals surface area (Å²) in [4.78, 5) is 34.3. The fraction of sp³-hybridized carbons (Fsp3) is 0.625. The fourth-order valence-corrected chi connectivity index (χ4v) is 1.70. The summed E-state index contributed by atoms with van der Waals surface area (Å²) in [5.74, 6) is -3.02. The first kappa shape index (κ1) is 13.8. The molecule has 1 unspecified atom stereocenters. The number of nitrogens with zero attached hydrogens (tertiary/aromatic N) is 1. The van der Waals surface area contributed by atoms with E-state index < -0.39 is 35.0 Å². The van der Waals surface area contributed by atoms with Crippen molar-refractivity contribution in [1.29, 1.82) is 0 Å². The van der Waals surface area contributed by atoms with E-state index in [0.717, 1.165) is 0 Å². The number of rotatable bonds is 3. The van der Waals surface area contributed by atoms with E-state index in [1.807, 2.05) is 5.32 Å². The van der Waals surface area contributed by atoms with Gasteiger partial charge in [0.05, 0.1) is 0 Å². The molecule has 1 rings (SSSR count). The van der Waals surface area contributed by atoms with Crippen molar-refractivity contribution in [3.8, 4) is 0 Å². The molecule has 96 valence electrons. The maximum absolute atomic E-state index is 11.8. The lowest BCUT2D eigenvalue weighted by molar-refractivity contribution is -0.141. The van der Waals surface area contributed by atoms with Crippen molar-refractivity contribution < 1.29 is 27.6 Å². The van der Waals surface area contributed by atoms with E-state index in [1.165, 1.54) is 6.92 Å². The fourth-order valence-electron chi connectivity index (χ4n) is 1.19. The Balaban J connectivity index is 2.55. The quantitative estimate of drug-likeness (QED) is 0.775. The van der Waals surface area contributed by atoms with Crippen molar-refractivity contribution in [3.63, 3.8) is 0 Å². The molecule has 17 heavy (non-hydrogen) atoms. The Morgan fingerprint density at radius 3 is 2.47 bits per heavy atom. The van der Waals surface area contributed by atoms with Gasteiger partial charge >= 0.3 is 11.5 Å². The third-order valence-corrected chi connectivity index (χ3v) is 2.80. The van der Waals surface area contributed by atoms with Gasteiger partial charge in [0.1, 0.15) is 5.92 Å². The average molecular weight is 270 g/mol. The summed E-state index contributed by atoms with van der Waals surface area (Å²) in [6, 6.07) is -0.971. The Morgan fingerprint density at radius 2 is 1.94 bits per heavy atom. The standard InChI is InChI=1S/C8H9F3N2O3S/c1-4-5(14)12-7(16)13(6(4)15)2-3-17-8(9,10)11/h4H,2-3H2,1H3,(H,12,14,16). The molecule has 0 bridgehead atoms. The average Bonchev–Trinajstić information content (AvgIpc) is 2.18. The molecule has 0 spiro atoms. The molecule has 1 heterocycles. The maximum Gasteiger partial charge on any atom is 0.441 e. The second kappa shape index (κ2) is 4.94. The molecule has 0 aliphatic carbocycles. The van der Waals surface area contributed by atoms with Crippen molar-refractivity contribution in [2.24, 2.45) is 5.92 Å². The highest BCUT2D eigenvalue weighted by Gasteiger charge is 2.38. The van der Waals surface area contributed by atoms with Gasteiger partial charge in [-0.2, -0.15) is 13.2 Å². The molecule has 1 aliphatic heterocycles. The van der Waals surface area contributed by atoms with Gasteiger partial charge in [-0.1, -0.05) is 0 Å². The molecule has 0 radical (unpaired) electrons. The van der Waals surface area contributed by atoms with Gasteiger partial charge in [-0.25, -0.2) is 4.79 Å². The molecule has 1 atom stereocenters. The lowest BCUT2D eigenvalue weighted by atomic mass is 10.1. The number of urea groups is 1. The molecule has 0 aromatic carbocycles. The summed E-state index contributed by atoms with van der Waals surface area (Å²) in [6.45, 7) is 0.903. The maximum atomic E-state index is 11.8. The van der Waals surface area contributed by atoms with Gasteiger partial charge < -0.3 is 0 Å². The molecule has 1 N–H and O–H groups in total. The van der Waals surface area contributed by atoms with E-state index >= 15 is 0 Å². The van der Waals surface area contributed by atoms with Gasteiger partial charge in [-0.05, 0) is 18.7 Å². The number of barbiturate groups is 1. The number of nitrogens with one attached hydrogen (secondary N) is 1. The van der Waals surface area contributed by atoms with E-state index in [9.17, 15) is 27.6 Å². The minimum Gasteiger partial charge on any atom is -0.277 e. The minimum absolute atomic E-state index is 0.325. The molecule has 0 aromatic heterocycles. The zero-order chi connectivity index (χ0) is 13.2. The first-order valence-electron chi connectivity index (χ1n) is 4.59. The highest BCUT2D eigenvalue weighted by atomic mass is 32.2. The zero-order valence-corrected chi connectivity index (χ0v) is 9.52. The Hall–Kier alpha value is -1.25. The summed E-state index contributed by atoms with van der Waals surface area (Å²) < 4.78 is 35.5. The van der Waals surface area contributed by atoms with Crippen molar-refractivity contribution in [1.82, 2.24) is 10.2 Å². The molecular weight excluding hydrogens is 261 g/mol. The van der Waals surface area contributed by atoms with Gasteiger partial charge in [-0.15, -0.1) is 0 Å². The van der Waals surface area contributed by atoms with Crippen LogP contribution in [0.25, 0.3) is 0 Å². The second-order valence-electron chi connectivity index (χ2n) is 3.30. The SMILES string of the molecule is CC1C(=O)NC(=O)N(CCSC(F)(F)F)C1=O. The summed E-state index contributed by atoms with van der Waals surface area (Å²) in [5.41, 5.74) is -4.41. The van der Waals surface area contributed by atoms with E-state index in [2.05, 4.69) is 0 Å². The minimum atomic E-state index is -4.41. The summed E-state index contributed by atoms with van der Waals surface area (Å²) in [6.07, 6.45) is 0. The lowest BCUT2D eigenvalue weighted by Crippen LogP contribution is -2.57. The van der Waals surface area contributed by atoms with Crippen molar-refractivity contribution in [2.75, 3.05) is 12.3 Å². The topological polar surface area (TPSA) is 66.5 Å². The highest BCUT2D eigenvalue weighted by molar-refractivity contribution is 8.00. The Morgan fingerprint density at radius 1 is 1.35 bits per heavy atom. The lowest BCUT2D eigenvalue weighted by Gasteiger charge is -2.28. The summed E-state index contributed by atoms with van der Waals surface area (Å²) in [7, 11) is 0. The number of hydrogen-bond donors (Lipinski definition) is 1. The Bertz CT molecular complexity index is 358. The van der Waals surface area contributed by atoms with Crippen molar-refractivity contribution >= 4 is 29.6 Å². The predicted molar refractivity (Wildman–Crippen MR) is 52.9 cm³/mol. The van der Waals surface area contributed by atoms with Gasteiger partial charge in [-0.3, -0.25) is 19.8 Å². The predicted octanol–water partition coefficient (Wildman–Crippen LogP) is 0.954. The third kappa shape index (κ3) is 3.62. The van der Waals surface area contributed by atoms with Gasteiger partial charge in [0.15, 0.2) is 0 Å². The highest BCUT2D eigenvalue weighted by Crippen LogP contribution is 2.30. The molecule has 9 heteroatoms. The number of imide groups is 2. The van der Waals surface area contributed by atoms with Crippen LogP contribution in [-0.2, 0) is 9.59 Å². The molecule has 5 nitrogen and oxygen atoms in total. The Labute approximate surface area is 98.7 Å². The van der Waals surface area contributed by atoms with E-state index in [4.69, 9.17) is 0 Å².